The van der Waals surface area contributed by atoms with Crippen LogP contribution in [0.4, 0.5) is 0 Å². The smallest absolute Gasteiger partial charge is 0.289 e. The van der Waals surface area contributed by atoms with Gasteiger partial charge in [0.15, 0.2) is 5.76 Å². The second kappa shape index (κ2) is 9.96. The van der Waals surface area contributed by atoms with Crippen LogP contribution in [0.25, 0.3) is 0 Å². The molecule has 2 aromatic rings. The molecule has 3 rings (SSSR count). The van der Waals surface area contributed by atoms with Crippen LogP contribution in [-0.2, 0) is 4.79 Å². The summed E-state index contributed by atoms with van der Waals surface area (Å²) in [7, 11) is 0. The molecular weight excluding hydrogens is 376 g/mol. The lowest BCUT2D eigenvalue weighted by Gasteiger charge is -2.32. The van der Waals surface area contributed by atoms with Crippen molar-refractivity contribution in [2.45, 2.75) is 58.9 Å². The van der Waals surface area contributed by atoms with E-state index in [2.05, 4.69) is 57.3 Å². The molecule has 0 aliphatic carbocycles. The van der Waals surface area contributed by atoms with Crippen LogP contribution in [0.1, 0.15) is 80.6 Å². The zero-order valence-electron chi connectivity index (χ0n) is 18.6. The molecule has 1 N–H and O–H groups in total. The van der Waals surface area contributed by atoms with E-state index in [1.165, 1.54) is 11.8 Å². The zero-order chi connectivity index (χ0) is 21.7. The molecule has 1 aromatic heterocycles. The number of nitrogens with one attached hydrogen (secondary N) is 1. The van der Waals surface area contributed by atoms with Crippen LogP contribution >= 0.6 is 0 Å². The minimum absolute atomic E-state index is 0.00809. The van der Waals surface area contributed by atoms with Gasteiger partial charge in [0.2, 0.25) is 5.91 Å². The van der Waals surface area contributed by atoms with Crippen LogP contribution in [-0.4, -0.2) is 29.8 Å². The third-order valence-corrected chi connectivity index (χ3v) is 6.33. The first-order valence-electron chi connectivity index (χ1n) is 11.1. The summed E-state index contributed by atoms with van der Waals surface area (Å²) in [6.07, 6.45) is 3.98. The maximum atomic E-state index is 13.0. The molecular formula is C25H34N2O3. The van der Waals surface area contributed by atoms with Crippen molar-refractivity contribution in [2.24, 2.45) is 11.8 Å². The van der Waals surface area contributed by atoms with Crippen molar-refractivity contribution in [1.82, 2.24) is 10.2 Å². The number of rotatable bonds is 7. The highest BCUT2D eigenvalue weighted by Crippen LogP contribution is 2.27. The molecule has 162 valence electrons. The molecule has 1 fully saturated rings. The fourth-order valence-electron chi connectivity index (χ4n) is 4.07. The molecule has 1 aliphatic rings. The molecule has 1 aromatic carbocycles. The van der Waals surface area contributed by atoms with Crippen LogP contribution < -0.4 is 5.32 Å². The number of piperidine rings is 1. The summed E-state index contributed by atoms with van der Waals surface area (Å²) in [5.74, 6) is 1.12. The van der Waals surface area contributed by atoms with Crippen molar-refractivity contribution in [3.8, 4) is 0 Å². The van der Waals surface area contributed by atoms with Crippen molar-refractivity contribution < 1.29 is 14.0 Å². The van der Waals surface area contributed by atoms with Gasteiger partial charge in [0.1, 0.15) is 0 Å². The third-order valence-electron chi connectivity index (χ3n) is 6.33. The lowest BCUT2D eigenvalue weighted by atomic mass is 9.90. The summed E-state index contributed by atoms with van der Waals surface area (Å²) in [4.78, 5) is 27.2. The Labute approximate surface area is 179 Å². The van der Waals surface area contributed by atoms with Crippen LogP contribution in [0.5, 0.6) is 0 Å². The fourth-order valence-corrected chi connectivity index (χ4v) is 4.07. The quantitative estimate of drug-likeness (QED) is 0.686. The summed E-state index contributed by atoms with van der Waals surface area (Å²) in [5, 5.41) is 3.28. The van der Waals surface area contributed by atoms with E-state index in [1.807, 2.05) is 0 Å². The first-order chi connectivity index (χ1) is 14.4. The summed E-state index contributed by atoms with van der Waals surface area (Å²) in [6.45, 7) is 9.86. The van der Waals surface area contributed by atoms with E-state index in [1.54, 1.807) is 17.0 Å². The first kappa shape index (κ1) is 22.1. The van der Waals surface area contributed by atoms with Crippen molar-refractivity contribution >= 4 is 11.8 Å². The van der Waals surface area contributed by atoms with Crippen LogP contribution in [0.15, 0.2) is 47.1 Å². The Kier molecular flexibility index (Phi) is 7.35. The van der Waals surface area contributed by atoms with Crippen molar-refractivity contribution in [3.63, 3.8) is 0 Å². The highest BCUT2D eigenvalue weighted by molar-refractivity contribution is 5.91. The average Bonchev–Trinajstić information content (AvgIpc) is 3.31. The monoisotopic (exact) mass is 410 g/mol. The van der Waals surface area contributed by atoms with Crippen LogP contribution in [0, 0.1) is 11.8 Å². The molecule has 2 atom stereocenters. The Morgan fingerprint density at radius 3 is 2.23 bits per heavy atom. The van der Waals surface area contributed by atoms with Crippen LogP contribution in [0.2, 0.25) is 0 Å². The fraction of sp³-hybridized carbons (Fsp3) is 0.520. The molecule has 0 saturated carbocycles. The molecule has 1 aliphatic heterocycles. The molecule has 5 heteroatoms. The SMILES string of the molecule is CCC(C)c1ccc(C(NC(=O)C2CCN(C(=O)c3ccco3)CC2)C(C)C)cc1. The summed E-state index contributed by atoms with van der Waals surface area (Å²) >= 11 is 0. The highest BCUT2D eigenvalue weighted by Gasteiger charge is 2.30. The van der Waals surface area contributed by atoms with E-state index < -0.39 is 0 Å². The van der Waals surface area contributed by atoms with Gasteiger partial charge in [-0.1, -0.05) is 52.0 Å². The van der Waals surface area contributed by atoms with E-state index in [0.29, 0.717) is 43.5 Å². The number of amides is 2. The Morgan fingerprint density at radius 1 is 1.07 bits per heavy atom. The summed E-state index contributed by atoms with van der Waals surface area (Å²) < 4.78 is 5.21. The molecule has 2 amide bonds. The Hall–Kier alpha value is -2.56. The maximum Gasteiger partial charge on any atom is 0.289 e. The predicted octanol–water partition coefficient (Wildman–Crippen LogP) is 5.16. The molecule has 0 spiro atoms. The third kappa shape index (κ3) is 5.13. The predicted molar refractivity (Wildman–Crippen MR) is 118 cm³/mol. The first-order valence-corrected chi connectivity index (χ1v) is 11.1. The Morgan fingerprint density at radius 2 is 1.70 bits per heavy atom. The molecule has 1 saturated heterocycles. The van der Waals surface area contributed by atoms with Crippen molar-refractivity contribution in [2.75, 3.05) is 13.1 Å². The van der Waals surface area contributed by atoms with E-state index >= 15 is 0 Å². The number of benzene rings is 1. The number of carbonyl (C=O) groups excluding carboxylic acids is 2. The molecule has 30 heavy (non-hydrogen) atoms. The van der Waals surface area contributed by atoms with Gasteiger partial charge in [0.05, 0.1) is 12.3 Å². The molecule has 2 heterocycles. The molecule has 2 unspecified atom stereocenters. The lowest BCUT2D eigenvalue weighted by Crippen LogP contribution is -2.44. The Bertz CT molecular complexity index is 819. The van der Waals surface area contributed by atoms with Gasteiger partial charge in [0.25, 0.3) is 5.91 Å². The Balaban J connectivity index is 1.59. The topological polar surface area (TPSA) is 62.6 Å². The van der Waals surface area contributed by atoms with Gasteiger partial charge < -0.3 is 14.6 Å². The number of hydrogen-bond acceptors (Lipinski definition) is 3. The minimum Gasteiger partial charge on any atom is -0.459 e. The van der Waals surface area contributed by atoms with E-state index in [0.717, 1.165) is 12.0 Å². The van der Waals surface area contributed by atoms with Crippen molar-refractivity contribution in [3.05, 3.63) is 59.5 Å². The molecule has 5 nitrogen and oxygen atoms in total. The van der Waals surface area contributed by atoms with Crippen molar-refractivity contribution in [1.29, 1.82) is 0 Å². The number of nitrogens with zero attached hydrogens (tertiary/aromatic N) is 1. The second-order valence-corrected chi connectivity index (χ2v) is 8.75. The number of hydrogen-bond donors (Lipinski definition) is 1. The summed E-state index contributed by atoms with van der Waals surface area (Å²) in [6, 6.07) is 12.1. The maximum absolute atomic E-state index is 13.0. The van der Waals surface area contributed by atoms with Gasteiger partial charge in [-0.2, -0.15) is 0 Å². The van der Waals surface area contributed by atoms with E-state index in [4.69, 9.17) is 4.42 Å². The zero-order valence-corrected chi connectivity index (χ0v) is 18.6. The van der Waals surface area contributed by atoms with Gasteiger partial charge in [0, 0.05) is 19.0 Å². The van der Waals surface area contributed by atoms with Gasteiger partial charge in [-0.3, -0.25) is 9.59 Å². The number of furan rings is 1. The van der Waals surface area contributed by atoms with E-state index in [9.17, 15) is 9.59 Å². The number of likely N-dealkylation sites (tertiary alicyclic amines) is 1. The highest BCUT2D eigenvalue weighted by atomic mass is 16.3. The van der Waals surface area contributed by atoms with Crippen LogP contribution in [0.3, 0.4) is 0 Å². The molecule has 0 radical (unpaired) electrons. The number of carbonyl (C=O) groups is 2. The minimum atomic E-state index is -0.0969. The molecule has 0 bridgehead atoms. The van der Waals surface area contributed by atoms with Gasteiger partial charge in [-0.05, 0) is 54.4 Å². The summed E-state index contributed by atoms with van der Waals surface area (Å²) in [5.41, 5.74) is 2.49. The normalized spacial score (nSPS) is 17.0. The van der Waals surface area contributed by atoms with Gasteiger partial charge >= 0.3 is 0 Å². The average molecular weight is 411 g/mol. The second-order valence-electron chi connectivity index (χ2n) is 8.75. The van der Waals surface area contributed by atoms with Gasteiger partial charge in [-0.15, -0.1) is 0 Å². The standard InChI is InChI=1S/C25H34N2O3/c1-5-18(4)19-8-10-20(11-9-19)23(17(2)3)26-24(28)21-12-14-27(15-13-21)25(29)22-7-6-16-30-22/h6-11,16-18,21,23H,5,12-15H2,1-4H3,(H,26,28). The lowest BCUT2D eigenvalue weighted by molar-refractivity contribution is -0.127. The largest absolute Gasteiger partial charge is 0.459 e. The van der Waals surface area contributed by atoms with Gasteiger partial charge in [-0.25, -0.2) is 0 Å². The van der Waals surface area contributed by atoms with E-state index in [-0.39, 0.29) is 23.8 Å².